The number of hydrogen-bond donors (Lipinski definition) is 2. The summed E-state index contributed by atoms with van der Waals surface area (Å²) >= 11 is 0. The Morgan fingerprint density at radius 1 is 0.970 bits per heavy atom. The number of imide groups is 1. The lowest BCUT2D eigenvalue weighted by Gasteiger charge is -2.25. The van der Waals surface area contributed by atoms with Gasteiger partial charge in [-0.2, -0.15) is 0 Å². The molecule has 1 aliphatic rings. The zero-order chi connectivity index (χ0) is 23.4. The molecule has 1 saturated heterocycles. The van der Waals surface area contributed by atoms with E-state index in [9.17, 15) is 14.4 Å². The van der Waals surface area contributed by atoms with Crippen LogP contribution in [0.4, 0.5) is 10.5 Å². The van der Waals surface area contributed by atoms with E-state index in [-0.39, 0.29) is 6.54 Å². The number of ether oxygens (including phenoxy) is 1. The quantitative estimate of drug-likeness (QED) is 0.523. The zero-order valence-corrected chi connectivity index (χ0v) is 18.5. The molecule has 1 heterocycles. The van der Waals surface area contributed by atoms with Crippen molar-refractivity contribution in [1.29, 1.82) is 0 Å². The van der Waals surface area contributed by atoms with Crippen LogP contribution in [0.3, 0.4) is 0 Å². The molecule has 0 spiro atoms. The van der Waals surface area contributed by atoms with Crippen LogP contribution in [0.2, 0.25) is 0 Å². The van der Waals surface area contributed by atoms with Crippen LogP contribution in [0.25, 0.3) is 0 Å². The molecule has 0 aliphatic carbocycles. The van der Waals surface area contributed by atoms with Gasteiger partial charge in [-0.05, 0) is 60.9 Å². The average molecular weight is 444 g/mol. The van der Waals surface area contributed by atoms with Crippen molar-refractivity contribution in [3.8, 4) is 11.5 Å². The van der Waals surface area contributed by atoms with E-state index in [1.165, 1.54) is 0 Å². The first-order chi connectivity index (χ1) is 15.9. The van der Waals surface area contributed by atoms with Crippen molar-refractivity contribution in [1.82, 2.24) is 10.2 Å². The Kier molecular flexibility index (Phi) is 6.13. The van der Waals surface area contributed by atoms with Crippen molar-refractivity contribution in [3.05, 3.63) is 90.0 Å². The Labute approximate surface area is 192 Å². The predicted octanol–water partition coefficient (Wildman–Crippen LogP) is 4.58. The monoisotopic (exact) mass is 443 g/mol. The lowest BCUT2D eigenvalue weighted by Crippen LogP contribution is -2.44. The molecule has 0 radical (unpaired) electrons. The number of amides is 4. The van der Waals surface area contributed by atoms with Crippen LogP contribution in [-0.2, 0) is 15.1 Å². The molecular weight excluding hydrogens is 418 g/mol. The number of carbonyl (C=O) groups excluding carboxylic acids is 3. The second kappa shape index (κ2) is 9.16. The molecule has 4 amide bonds. The molecule has 168 valence electrons. The standard InChI is InChI=1S/C26H25N3O4/c1-3-26(19-9-5-4-6-10-19)24(31)29(25(32)28-26)17-23(30)27-20-12-14-21(15-13-20)33-22-11-7-8-18(2)16-22/h4-16H,3,17H2,1-2H3,(H,27,30)(H,28,32). The van der Waals surface area contributed by atoms with Crippen LogP contribution in [0.1, 0.15) is 24.5 Å². The van der Waals surface area contributed by atoms with Crippen molar-refractivity contribution in [2.45, 2.75) is 25.8 Å². The van der Waals surface area contributed by atoms with E-state index >= 15 is 0 Å². The van der Waals surface area contributed by atoms with Crippen molar-refractivity contribution in [2.24, 2.45) is 0 Å². The Morgan fingerprint density at radius 3 is 2.36 bits per heavy atom. The molecule has 0 aromatic heterocycles. The van der Waals surface area contributed by atoms with E-state index in [0.717, 1.165) is 16.2 Å². The summed E-state index contributed by atoms with van der Waals surface area (Å²) in [7, 11) is 0. The Balaban J connectivity index is 1.40. The summed E-state index contributed by atoms with van der Waals surface area (Å²) in [5.74, 6) is 0.454. The highest BCUT2D eigenvalue weighted by Gasteiger charge is 2.51. The van der Waals surface area contributed by atoms with Crippen LogP contribution < -0.4 is 15.4 Å². The first-order valence-electron chi connectivity index (χ1n) is 10.8. The molecule has 3 aromatic carbocycles. The summed E-state index contributed by atoms with van der Waals surface area (Å²) in [5.41, 5.74) is 1.16. The third-order valence-electron chi connectivity index (χ3n) is 5.64. The molecule has 1 atom stereocenters. The lowest BCUT2D eigenvalue weighted by atomic mass is 9.87. The lowest BCUT2D eigenvalue weighted by molar-refractivity contribution is -0.134. The summed E-state index contributed by atoms with van der Waals surface area (Å²) in [4.78, 5) is 39.3. The van der Waals surface area contributed by atoms with Crippen LogP contribution in [0, 0.1) is 6.92 Å². The third kappa shape index (κ3) is 4.57. The maximum absolute atomic E-state index is 13.1. The van der Waals surface area contributed by atoms with Gasteiger partial charge in [-0.15, -0.1) is 0 Å². The molecule has 4 rings (SSSR count). The minimum absolute atomic E-state index is 0.374. The highest BCUT2D eigenvalue weighted by Crippen LogP contribution is 2.32. The van der Waals surface area contributed by atoms with Crippen molar-refractivity contribution < 1.29 is 19.1 Å². The first-order valence-corrected chi connectivity index (χ1v) is 10.8. The number of urea groups is 1. The SMILES string of the molecule is CCC1(c2ccccc2)NC(=O)N(CC(=O)Nc2ccc(Oc3cccc(C)c3)cc2)C1=O. The number of anilines is 1. The number of hydrogen-bond acceptors (Lipinski definition) is 4. The van der Waals surface area contributed by atoms with E-state index in [1.807, 2.05) is 56.3 Å². The van der Waals surface area contributed by atoms with Crippen LogP contribution in [-0.4, -0.2) is 29.3 Å². The number of carbonyl (C=O) groups is 3. The van der Waals surface area contributed by atoms with Crippen LogP contribution in [0.15, 0.2) is 78.9 Å². The van der Waals surface area contributed by atoms with E-state index < -0.39 is 23.4 Å². The number of nitrogens with one attached hydrogen (secondary N) is 2. The number of rotatable bonds is 7. The summed E-state index contributed by atoms with van der Waals surface area (Å²) in [6.45, 7) is 3.44. The van der Waals surface area contributed by atoms with Gasteiger partial charge < -0.3 is 15.4 Å². The van der Waals surface area contributed by atoms with E-state index in [1.54, 1.807) is 36.4 Å². The highest BCUT2D eigenvalue weighted by molar-refractivity contribution is 6.10. The second-order valence-electron chi connectivity index (χ2n) is 7.94. The second-order valence-corrected chi connectivity index (χ2v) is 7.94. The summed E-state index contributed by atoms with van der Waals surface area (Å²) in [6.07, 6.45) is 0.377. The van der Waals surface area contributed by atoms with Crippen molar-refractivity contribution in [2.75, 3.05) is 11.9 Å². The zero-order valence-electron chi connectivity index (χ0n) is 18.5. The number of benzene rings is 3. The molecule has 7 heteroatoms. The molecule has 0 bridgehead atoms. The highest BCUT2D eigenvalue weighted by atomic mass is 16.5. The Hall–Kier alpha value is -4.13. The van der Waals surface area contributed by atoms with Crippen molar-refractivity contribution in [3.63, 3.8) is 0 Å². The Morgan fingerprint density at radius 2 is 1.70 bits per heavy atom. The molecule has 1 unspecified atom stereocenters. The normalized spacial score (nSPS) is 17.6. The molecule has 7 nitrogen and oxygen atoms in total. The number of nitrogens with zero attached hydrogens (tertiary/aromatic N) is 1. The van der Waals surface area contributed by atoms with Gasteiger partial charge in [-0.1, -0.05) is 49.4 Å². The molecule has 0 saturated carbocycles. The summed E-state index contributed by atoms with van der Waals surface area (Å²) in [6, 6.07) is 23.1. The van der Waals surface area contributed by atoms with Gasteiger partial charge in [0.1, 0.15) is 23.6 Å². The molecular formula is C26H25N3O4. The van der Waals surface area contributed by atoms with E-state index in [0.29, 0.717) is 23.4 Å². The molecule has 1 fully saturated rings. The average Bonchev–Trinajstić information content (AvgIpc) is 3.06. The fourth-order valence-electron chi connectivity index (χ4n) is 3.90. The van der Waals surface area contributed by atoms with Gasteiger partial charge in [0.15, 0.2) is 0 Å². The maximum Gasteiger partial charge on any atom is 0.325 e. The van der Waals surface area contributed by atoms with Gasteiger partial charge in [0.2, 0.25) is 5.91 Å². The minimum atomic E-state index is -1.16. The van der Waals surface area contributed by atoms with E-state index in [4.69, 9.17) is 4.74 Å². The largest absolute Gasteiger partial charge is 0.457 e. The van der Waals surface area contributed by atoms with Gasteiger partial charge in [-0.3, -0.25) is 14.5 Å². The maximum atomic E-state index is 13.1. The summed E-state index contributed by atoms with van der Waals surface area (Å²) < 4.78 is 5.81. The fraction of sp³-hybridized carbons (Fsp3) is 0.192. The third-order valence-corrected chi connectivity index (χ3v) is 5.64. The fourth-order valence-corrected chi connectivity index (χ4v) is 3.90. The summed E-state index contributed by atoms with van der Waals surface area (Å²) in [5, 5.41) is 5.50. The molecule has 3 aromatic rings. The van der Waals surface area contributed by atoms with Crippen LogP contribution >= 0.6 is 0 Å². The van der Waals surface area contributed by atoms with Gasteiger partial charge in [0.05, 0.1) is 0 Å². The van der Waals surface area contributed by atoms with Gasteiger partial charge in [-0.25, -0.2) is 4.79 Å². The Bertz CT molecular complexity index is 1180. The first kappa shape index (κ1) is 22.1. The van der Waals surface area contributed by atoms with Crippen molar-refractivity contribution >= 4 is 23.5 Å². The smallest absolute Gasteiger partial charge is 0.325 e. The van der Waals surface area contributed by atoms with Gasteiger partial charge in [0.25, 0.3) is 5.91 Å². The predicted molar refractivity (Wildman–Crippen MR) is 125 cm³/mol. The number of aryl methyl sites for hydroxylation is 1. The molecule has 2 N–H and O–H groups in total. The van der Waals surface area contributed by atoms with Gasteiger partial charge in [0, 0.05) is 5.69 Å². The molecule has 1 aliphatic heterocycles. The van der Waals surface area contributed by atoms with E-state index in [2.05, 4.69) is 10.6 Å². The van der Waals surface area contributed by atoms with Crippen LogP contribution in [0.5, 0.6) is 11.5 Å². The topological polar surface area (TPSA) is 87.7 Å². The molecule has 33 heavy (non-hydrogen) atoms. The minimum Gasteiger partial charge on any atom is -0.457 e. The van der Waals surface area contributed by atoms with Gasteiger partial charge >= 0.3 is 6.03 Å².